The molecular formula is C8H10N4O3S. The molecule has 0 saturated carbocycles. The van der Waals surface area contributed by atoms with Crippen LogP contribution in [0, 0.1) is 10.1 Å². The molecule has 0 spiro atoms. The van der Waals surface area contributed by atoms with Crippen molar-refractivity contribution in [1.82, 2.24) is 9.88 Å². The number of likely N-dealkylation sites (tertiary alicyclic amines) is 1. The molecule has 0 bridgehead atoms. The van der Waals surface area contributed by atoms with Gasteiger partial charge in [-0.3, -0.25) is 14.9 Å². The molecule has 1 aliphatic rings. The Bertz CT molecular complexity index is 433. The number of hydrogen-bond donors (Lipinski definition) is 1. The molecule has 1 fully saturated rings. The summed E-state index contributed by atoms with van der Waals surface area (Å²) in [6, 6.07) is -0.309. The smallest absolute Gasteiger partial charge is 0.345 e. The molecule has 0 aliphatic carbocycles. The molecular weight excluding hydrogens is 232 g/mol. The summed E-state index contributed by atoms with van der Waals surface area (Å²) in [5.74, 6) is -0.00199. The molecule has 1 unspecified atom stereocenters. The lowest BCUT2D eigenvalue weighted by molar-refractivity contribution is -0.380. The Morgan fingerprint density at radius 1 is 1.75 bits per heavy atom. The van der Waals surface area contributed by atoms with Gasteiger partial charge in [-0.1, -0.05) is 0 Å². The van der Waals surface area contributed by atoms with E-state index in [0.29, 0.717) is 18.1 Å². The van der Waals surface area contributed by atoms with Crippen molar-refractivity contribution in [3.05, 3.63) is 16.3 Å². The van der Waals surface area contributed by atoms with Crippen LogP contribution in [0.2, 0.25) is 0 Å². The highest BCUT2D eigenvalue weighted by molar-refractivity contribution is 7.18. The molecule has 1 amide bonds. The number of rotatable bonds is 3. The molecule has 1 saturated heterocycles. The van der Waals surface area contributed by atoms with E-state index >= 15 is 0 Å². The van der Waals surface area contributed by atoms with Gasteiger partial charge in [0.15, 0.2) is 5.13 Å². The number of thiazole rings is 1. The van der Waals surface area contributed by atoms with Crippen molar-refractivity contribution < 1.29 is 9.72 Å². The number of nitrogens with one attached hydrogen (secondary N) is 1. The Morgan fingerprint density at radius 3 is 3.00 bits per heavy atom. The highest BCUT2D eigenvalue weighted by Crippen LogP contribution is 2.26. The average Bonchev–Trinajstić information content (AvgIpc) is 2.81. The maximum Gasteiger partial charge on any atom is 0.345 e. The van der Waals surface area contributed by atoms with Gasteiger partial charge in [-0.05, 0) is 17.8 Å². The normalized spacial score (nSPS) is 20.2. The Hall–Kier alpha value is -1.70. The number of amides is 1. The van der Waals surface area contributed by atoms with E-state index < -0.39 is 4.92 Å². The standard InChI is InChI=1S/C8H10N4O3S/c1-11-3-2-5(7(11)13)10-8-9-4-6(16-8)12(14)15/h4-5H,2-3H2,1H3,(H,9,10). The maximum absolute atomic E-state index is 11.6. The van der Waals surface area contributed by atoms with Crippen LogP contribution in [0.25, 0.3) is 0 Å². The molecule has 0 radical (unpaired) electrons. The lowest BCUT2D eigenvalue weighted by Gasteiger charge is -2.10. The zero-order valence-corrected chi connectivity index (χ0v) is 9.36. The minimum atomic E-state index is -0.495. The summed E-state index contributed by atoms with van der Waals surface area (Å²) < 4.78 is 0. The monoisotopic (exact) mass is 242 g/mol. The molecule has 16 heavy (non-hydrogen) atoms. The first-order valence-electron chi connectivity index (χ1n) is 4.69. The molecule has 2 heterocycles. The second kappa shape index (κ2) is 4.05. The van der Waals surface area contributed by atoms with Crippen molar-refractivity contribution in [2.75, 3.05) is 18.9 Å². The largest absolute Gasteiger partial charge is 0.349 e. The summed E-state index contributed by atoms with van der Waals surface area (Å²) in [4.78, 5) is 27.0. The van der Waals surface area contributed by atoms with Crippen LogP contribution >= 0.6 is 11.3 Å². The number of carbonyl (C=O) groups is 1. The van der Waals surface area contributed by atoms with E-state index in [1.165, 1.54) is 6.20 Å². The van der Waals surface area contributed by atoms with Crippen molar-refractivity contribution in [1.29, 1.82) is 0 Å². The number of nitro groups is 1. The number of aromatic nitrogens is 1. The van der Waals surface area contributed by atoms with Crippen molar-refractivity contribution in [2.24, 2.45) is 0 Å². The van der Waals surface area contributed by atoms with Gasteiger partial charge in [0, 0.05) is 13.6 Å². The molecule has 7 nitrogen and oxygen atoms in total. The van der Waals surface area contributed by atoms with Gasteiger partial charge in [-0.15, -0.1) is 0 Å². The van der Waals surface area contributed by atoms with E-state index in [1.54, 1.807) is 11.9 Å². The summed E-state index contributed by atoms with van der Waals surface area (Å²) in [5.41, 5.74) is 0. The first-order chi connectivity index (χ1) is 7.58. The van der Waals surface area contributed by atoms with Crippen LogP contribution in [0.5, 0.6) is 0 Å². The highest BCUT2D eigenvalue weighted by atomic mass is 32.1. The summed E-state index contributed by atoms with van der Waals surface area (Å²) in [5, 5.41) is 13.7. The quantitative estimate of drug-likeness (QED) is 0.622. The first-order valence-corrected chi connectivity index (χ1v) is 5.51. The number of hydrogen-bond acceptors (Lipinski definition) is 6. The molecule has 1 aromatic rings. The third-order valence-electron chi connectivity index (χ3n) is 2.40. The molecule has 1 aromatic heterocycles. The predicted octanol–water partition coefficient (Wildman–Crippen LogP) is 0.694. The lowest BCUT2D eigenvalue weighted by Crippen LogP contribution is -2.30. The van der Waals surface area contributed by atoms with Crippen LogP contribution in [0.3, 0.4) is 0 Å². The molecule has 1 N–H and O–H groups in total. The van der Waals surface area contributed by atoms with Gasteiger partial charge in [-0.25, -0.2) is 4.98 Å². The van der Waals surface area contributed by atoms with Gasteiger partial charge in [0.1, 0.15) is 12.2 Å². The number of anilines is 1. The van der Waals surface area contributed by atoms with Gasteiger partial charge in [0.2, 0.25) is 5.91 Å². The minimum Gasteiger partial charge on any atom is -0.349 e. The Balaban J connectivity index is 2.04. The zero-order valence-electron chi connectivity index (χ0n) is 8.54. The SMILES string of the molecule is CN1CCC(Nc2ncc([N+](=O)[O-])s2)C1=O. The van der Waals surface area contributed by atoms with Crippen molar-refractivity contribution in [2.45, 2.75) is 12.5 Å². The third-order valence-corrected chi connectivity index (χ3v) is 3.28. The Morgan fingerprint density at radius 2 is 2.50 bits per heavy atom. The molecule has 8 heteroatoms. The van der Waals surface area contributed by atoms with Crippen LogP contribution in [0.4, 0.5) is 10.1 Å². The van der Waals surface area contributed by atoms with Crippen molar-refractivity contribution >= 4 is 27.4 Å². The molecule has 2 rings (SSSR count). The van der Waals surface area contributed by atoms with Crippen LogP contribution in [-0.2, 0) is 4.79 Å². The fourth-order valence-corrected chi connectivity index (χ4v) is 2.21. The molecule has 1 aliphatic heterocycles. The minimum absolute atomic E-state index is 0.00199. The van der Waals surface area contributed by atoms with E-state index in [-0.39, 0.29) is 17.0 Å². The van der Waals surface area contributed by atoms with Gasteiger partial charge in [0.05, 0.1) is 4.92 Å². The van der Waals surface area contributed by atoms with Crippen LogP contribution in [0.15, 0.2) is 6.20 Å². The van der Waals surface area contributed by atoms with Gasteiger partial charge >= 0.3 is 5.00 Å². The Kier molecular flexibility index (Phi) is 2.73. The van der Waals surface area contributed by atoms with E-state index in [9.17, 15) is 14.9 Å². The lowest BCUT2D eigenvalue weighted by atomic mass is 10.2. The topological polar surface area (TPSA) is 88.4 Å². The second-order valence-corrected chi connectivity index (χ2v) is 4.52. The van der Waals surface area contributed by atoms with E-state index in [0.717, 1.165) is 11.3 Å². The summed E-state index contributed by atoms with van der Waals surface area (Å²) in [6.07, 6.45) is 1.89. The van der Waals surface area contributed by atoms with Gasteiger partial charge < -0.3 is 10.2 Å². The van der Waals surface area contributed by atoms with E-state index in [2.05, 4.69) is 10.3 Å². The summed E-state index contributed by atoms with van der Waals surface area (Å²) in [7, 11) is 1.73. The highest BCUT2D eigenvalue weighted by Gasteiger charge is 2.29. The fraction of sp³-hybridized carbons (Fsp3) is 0.500. The average molecular weight is 242 g/mol. The van der Waals surface area contributed by atoms with E-state index in [4.69, 9.17) is 0 Å². The first kappa shape index (κ1) is 10.8. The zero-order chi connectivity index (χ0) is 11.7. The summed E-state index contributed by atoms with van der Waals surface area (Å²) >= 11 is 0.939. The molecule has 1 atom stereocenters. The number of likely N-dealkylation sites (N-methyl/N-ethyl adjacent to an activating group) is 1. The van der Waals surface area contributed by atoms with Crippen molar-refractivity contribution in [3.63, 3.8) is 0 Å². The maximum atomic E-state index is 11.6. The second-order valence-electron chi connectivity index (χ2n) is 3.51. The predicted molar refractivity (Wildman–Crippen MR) is 58.4 cm³/mol. The molecule has 86 valence electrons. The fourth-order valence-electron chi connectivity index (χ4n) is 1.52. The van der Waals surface area contributed by atoms with Crippen molar-refractivity contribution in [3.8, 4) is 0 Å². The summed E-state index contributed by atoms with van der Waals surface area (Å²) in [6.45, 7) is 0.698. The Labute approximate surface area is 95.2 Å². The number of carbonyl (C=O) groups excluding carboxylic acids is 1. The number of nitrogens with zero attached hydrogens (tertiary/aromatic N) is 3. The van der Waals surface area contributed by atoms with Crippen LogP contribution < -0.4 is 5.32 Å². The van der Waals surface area contributed by atoms with Crippen LogP contribution in [-0.4, -0.2) is 40.3 Å². The van der Waals surface area contributed by atoms with Gasteiger partial charge in [-0.2, -0.15) is 0 Å². The van der Waals surface area contributed by atoms with Crippen LogP contribution in [0.1, 0.15) is 6.42 Å². The third kappa shape index (κ3) is 1.96. The molecule has 0 aromatic carbocycles. The van der Waals surface area contributed by atoms with E-state index in [1.807, 2.05) is 0 Å². The van der Waals surface area contributed by atoms with Gasteiger partial charge in [0.25, 0.3) is 0 Å².